The molecule has 132 valence electrons. The van der Waals surface area contributed by atoms with E-state index in [1.807, 2.05) is 44.2 Å². The number of aryl methyl sites for hydroxylation is 1. The second-order valence-corrected chi connectivity index (χ2v) is 6.79. The monoisotopic (exact) mass is 353 g/mol. The predicted octanol–water partition coefficient (Wildman–Crippen LogP) is 1.86. The minimum atomic E-state index is -3.70. The zero-order valence-electron chi connectivity index (χ0n) is 14.1. The van der Waals surface area contributed by atoms with Gasteiger partial charge in [-0.05, 0) is 32.9 Å². The van der Waals surface area contributed by atoms with Crippen molar-refractivity contribution in [2.24, 2.45) is 0 Å². The first-order valence-electron chi connectivity index (χ1n) is 7.82. The van der Waals surface area contributed by atoms with Gasteiger partial charge in [0.05, 0.1) is 24.1 Å². The highest BCUT2D eigenvalue weighted by Gasteiger charge is 2.22. The van der Waals surface area contributed by atoms with Crippen molar-refractivity contribution in [3.63, 3.8) is 0 Å². The lowest BCUT2D eigenvalue weighted by Gasteiger charge is -2.17. The highest BCUT2D eigenvalue weighted by atomic mass is 32.2. The highest BCUT2D eigenvalue weighted by Crippen LogP contribution is 2.16. The highest BCUT2D eigenvalue weighted by molar-refractivity contribution is 7.89. The van der Waals surface area contributed by atoms with E-state index in [1.54, 1.807) is 11.6 Å². The van der Waals surface area contributed by atoms with E-state index in [-0.39, 0.29) is 11.4 Å². The number of aromatic nitrogens is 2. The summed E-state index contributed by atoms with van der Waals surface area (Å²) < 4.78 is 39.8. The Morgan fingerprint density at radius 1 is 1.17 bits per heavy atom. The molecule has 0 saturated heterocycles. The molecule has 7 nitrogen and oxygen atoms in total. The molecule has 0 aliphatic rings. The van der Waals surface area contributed by atoms with Gasteiger partial charge < -0.3 is 9.47 Å². The lowest BCUT2D eigenvalue weighted by Crippen LogP contribution is -2.35. The Hall–Kier alpha value is -1.74. The van der Waals surface area contributed by atoms with Gasteiger partial charge in [0.15, 0.2) is 6.29 Å². The summed E-state index contributed by atoms with van der Waals surface area (Å²) >= 11 is 0. The van der Waals surface area contributed by atoms with Gasteiger partial charge in [0.25, 0.3) is 0 Å². The van der Waals surface area contributed by atoms with E-state index in [0.29, 0.717) is 18.9 Å². The average molecular weight is 353 g/mol. The van der Waals surface area contributed by atoms with Crippen LogP contribution >= 0.6 is 0 Å². The first-order chi connectivity index (χ1) is 11.5. The van der Waals surface area contributed by atoms with Crippen molar-refractivity contribution in [1.29, 1.82) is 0 Å². The largest absolute Gasteiger partial charge is 0.352 e. The summed E-state index contributed by atoms with van der Waals surface area (Å²) in [6, 6.07) is 9.34. The number of hydrogen-bond acceptors (Lipinski definition) is 5. The molecule has 0 spiro atoms. The molecule has 8 heteroatoms. The summed E-state index contributed by atoms with van der Waals surface area (Å²) in [7, 11) is -3.70. The standard InChI is InChI=1S/C16H23N3O4S/c1-4-22-16(23-5-2)11-17-24(20,21)15-12-19(18-13(15)3)14-9-7-6-8-10-14/h6-10,12,16-17H,4-5,11H2,1-3H3. The number of benzene rings is 1. The van der Waals surface area contributed by atoms with Crippen LogP contribution in [0.3, 0.4) is 0 Å². The number of sulfonamides is 1. The fourth-order valence-corrected chi connectivity index (χ4v) is 3.39. The van der Waals surface area contributed by atoms with E-state index in [1.165, 1.54) is 6.20 Å². The Morgan fingerprint density at radius 2 is 1.79 bits per heavy atom. The molecular formula is C16H23N3O4S. The second kappa shape index (κ2) is 8.39. The summed E-state index contributed by atoms with van der Waals surface area (Å²) in [5.41, 5.74) is 1.22. The van der Waals surface area contributed by atoms with E-state index in [9.17, 15) is 8.42 Å². The molecule has 1 N–H and O–H groups in total. The molecule has 0 atom stereocenters. The smallest absolute Gasteiger partial charge is 0.244 e. The van der Waals surface area contributed by atoms with E-state index >= 15 is 0 Å². The predicted molar refractivity (Wildman–Crippen MR) is 90.5 cm³/mol. The van der Waals surface area contributed by atoms with Crippen molar-refractivity contribution < 1.29 is 17.9 Å². The van der Waals surface area contributed by atoms with Gasteiger partial charge >= 0.3 is 0 Å². The van der Waals surface area contributed by atoms with Crippen molar-refractivity contribution in [3.8, 4) is 5.69 Å². The van der Waals surface area contributed by atoms with Crippen LogP contribution in [-0.4, -0.2) is 44.2 Å². The van der Waals surface area contributed by atoms with Gasteiger partial charge in [-0.2, -0.15) is 5.10 Å². The van der Waals surface area contributed by atoms with Crippen LogP contribution in [0.15, 0.2) is 41.4 Å². The third-order valence-corrected chi connectivity index (χ3v) is 4.84. The first kappa shape index (κ1) is 18.6. The molecule has 1 heterocycles. The van der Waals surface area contributed by atoms with Crippen molar-refractivity contribution in [2.45, 2.75) is 32.0 Å². The van der Waals surface area contributed by atoms with Crippen LogP contribution in [0.1, 0.15) is 19.5 Å². The van der Waals surface area contributed by atoms with Crippen LogP contribution in [0.2, 0.25) is 0 Å². The molecule has 0 aliphatic carbocycles. The molecule has 0 aliphatic heterocycles. The summed E-state index contributed by atoms with van der Waals surface area (Å²) in [4.78, 5) is 0.137. The van der Waals surface area contributed by atoms with Gasteiger partial charge in [0.1, 0.15) is 4.90 Å². The topological polar surface area (TPSA) is 82.5 Å². The molecule has 0 fully saturated rings. The molecular weight excluding hydrogens is 330 g/mol. The van der Waals surface area contributed by atoms with Crippen LogP contribution in [0.25, 0.3) is 5.69 Å². The Kier molecular flexibility index (Phi) is 6.50. The second-order valence-electron chi connectivity index (χ2n) is 5.05. The SMILES string of the molecule is CCOC(CNS(=O)(=O)c1cn(-c2ccccc2)nc1C)OCC. The van der Waals surface area contributed by atoms with Gasteiger partial charge in [-0.1, -0.05) is 18.2 Å². The Balaban J connectivity index is 2.16. The van der Waals surface area contributed by atoms with Gasteiger partial charge in [0, 0.05) is 13.2 Å². The third kappa shape index (κ3) is 4.64. The average Bonchev–Trinajstić information content (AvgIpc) is 2.97. The zero-order chi connectivity index (χ0) is 17.6. The van der Waals surface area contributed by atoms with E-state index in [2.05, 4.69) is 9.82 Å². The fourth-order valence-electron chi connectivity index (χ4n) is 2.21. The Labute approximate surface area is 142 Å². The molecule has 1 aromatic carbocycles. The number of rotatable bonds is 9. The zero-order valence-corrected chi connectivity index (χ0v) is 14.9. The first-order valence-corrected chi connectivity index (χ1v) is 9.30. The van der Waals surface area contributed by atoms with E-state index in [0.717, 1.165) is 5.69 Å². The maximum atomic E-state index is 12.5. The number of ether oxygens (including phenoxy) is 2. The molecule has 0 unspecified atom stereocenters. The molecule has 1 aromatic heterocycles. The molecule has 2 aromatic rings. The summed E-state index contributed by atoms with van der Waals surface area (Å²) in [5, 5.41) is 4.28. The molecule has 2 rings (SSSR count). The van der Waals surface area contributed by atoms with Gasteiger partial charge in [0.2, 0.25) is 10.0 Å². The van der Waals surface area contributed by atoms with E-state index < -0.39 is 16.3 Å². The maximum Gasteiger partial charge on any atom is 0.244 e. The molecule has 0 radical (unpaired) electrons. The minimum absolute atomic E-state index is 0.0416. The number of hydrogen-bond donors (Lipinski definition) is 1. The molecule has 24 heavy (non-hydrogen) atoms. The maximum absolute atomic E-state index is 12.5. The van der Waals surface area contributed by atoms with Crippen LogP contribution in [0.4, 0.5) is 0 Å². The Bertz CT molecular complexity index is 738. The van der Waals surface area contributed by atoms with Crippen LogP contribution in [-0.2, 0) is 19.5 Å². The molecule has 0 saturated carbocycles. The third-order valence-electron chi connectivity index (χ3n) is 3.31. The summed E-state index contributed by atoms with van der Waals surface area (Å²) in [6.07, 6.45) is 0.892. The molecule has 0 bridgehead atoms. The van der Waals surface area contributed by atoms with Crippen molar-refractivity contribution >= 4 is 10.0 Å². The number of para-hydroxylation sites is 1. The summed E-state index contributed by atoms with van der Waals surface area (Å²) in [5.74, 6) is 0. The van der Waals surface area contributed by atoms with Crippen molar-refractivity contribution in [2.75, 3.05) is 19.8 Å². The normalized spacial score (nSPS) is 12.0. The van der Waals surface area contributed by atoms with Gasteiger partial charge in [-0.3, -0.25) is 0 Å². The van der Waals surface area contributed by atoms with Gasteiger partial charge in [-0.15, -0.1) is 0 Å². The number of nitrogens with zero attached hydrogens (tertiary/aromatic N) is 2. The molecule has 0 amide bonds. The van der Waals surface area contributed by atoms with Crippen LogP contribution in [0.5, 0.6) is 0 Å². The summed E-state index contributed by atoms with van der Waals surface area (Å²) in [6.45, 7) is 6.24. The van der Waals surface area contributed by atoms with Crippen LogP contribution in [0, 0.1) is 6.92 Å². The van der Waals surface area contributed by atoms with Crippen molar-refractivity contribution in [3.05, 3.63) is 42.2 Å². The van der Waals surface area contributed by atoms with Crippen LogP contribution < -0.4 is 4.72 Å². The fraction of sp³-hybridized carbons (Fsp3) is 0.438. The number of nitrogens with one attached hydrogen (secondary N) is 1. The quantitative estimate of drug-likeness (QED) is 0.696. The minimum Gasteiger partial charge on any atom is -0.352 e. The van der Waals surface area contributed by atoms with E-state index in [4.69, 9.17) is 9.47 Å². The lowest BCUT2D eigenvalue weighted by molar-refractivity contribution is -0.130. The van der Waals surface area contributed by atoms with Crippen molar-refractivity contribution in [1.82, 2.24) is 14.5 Å². The lowest BCUT2D eigenvalue weighted by atomic mass is 10.3. The Morgan fingerprint density at radius 3 is 2.38 bits per heavy atom. The van der Waals surface area contributed by atoms with Gasteiger partial charge in [-0.25, -0.2) is 17.8 Å².